The summed E-state index contributed by atoms with van der Waals surface area (Å²) in [6.45, 7) is 5.63. The van der Waals surface area contributed by atoms with Crippen molar-refractivity contribution < 1.29 is 4.79 Å². The molecule has 26 heavy (non-hydrogen) atoms. The molecule has 0 fully saturated rings. The summed E-state index contributed by atoms with van der Waals surface area (Å²) in [7, 11) is 0. The number of carbonyl (C=O) groups excluding carboxylic acids is 1. The van der Waals surface area contributed by atoms with Crippen LogP contribution in [0, 0.1) is 0 Å². The molecule has 2 aromatic rings. The third kappa shape index (κ3) is 6.47. The molecular formula is C22H35N3O. The zero-order chi connectivity index (χ0) is 18.6. The van der Waals surface area contributed by atoms with Gasteiger partial charge in [-0.3, -0.25) is 4.79 Å². The first kappa shape index (κ1) is 20.5. The highest BCUT2D eigenvalue weighted by molar-refractivity contribution is 5.77. The maximum absolute atomic E-state index is 11.6. The van der Waals surface area contributed by atoms with Crippen LogP contribution in [0.15, 0.2) is 24.3 Å². The summed E-state index contributed by atoms with van der Waals surface area (Å²) in [4.78, 5) is 16.3. The number of amides is 1. The molecule has 1 aromatic carbocycles. The minimum atomic E-state index is 0.0756. The Morgan fingerprint density at radius 1 is 0.962 bits per heavy atom. The number of para-hydroxylation sites is 2. The van der Waals surface area contributed by atoms with Gasteiger partial charge in [-0.15, -0.1) is 0 Å². The van der Waals surface area contributed by atoms with Gasteiger partial charge in [0.05, 0.1) is 17.6 Å². The number of aromatic nitrogens is 2. The molecule has 0 aliphatic heterocycles. The average molecular weight is 358 g/mol. The molecule has 4 heteroatoms. The van der Waals surface area contributed by atoms with Gasteiger partial charge >= 0.3 is 0 Å². The average Bonchev–Trinajstić information content (AvgIpc) is 3.02. The third-order valence-electron chi connectivity index (χ3n) is 4.98. The van der Waals surface area contributed by atoms with Crippen LogP contribution in [-0.2, 0) is 17.9 Å². The van der Waals surface area contributed by atoms with Crippen LogP contribution in [0.1, 0.15) is 83.9 Å². The van der Waals surface area contributed by atoms with Gasteiger partial charge in [0, 0.05) is 13.0 Å². The van der Waals surface area contributed by atoms with Crippen LogP contribution in [0.2, 0.25) is 0 Å². The van der Waals surface area contributed by atoms with E-state index in [-0.39, 0.29) is 5.91 Å². The topological polar surface area (TPSA) is 46.9 Å². The SMILES string of the molecule is CCCCCCCCCCCn1c(CNC(=O)CC)nc2ccccc21. The molecule has 1 heterocycles. The molecule has 0 unspecified atom stereocenters. The Labute approximate surface area is 158 Å². The molecule has 1 amide bonds. The van der Waals surface area contributed by atoms with Gasteiger partial charge in [-0.05, 0) is 18.6 Å². The Balaban J connectivity index is 1.82. The van der Waals surface area contributed by atoms with Gasteiger partial charge in [0.2, 0.25) is 5.91 Å². The van der Waals surface area contributed by atoms with E-state index in [2.05, 4.69) is 28.9 Å². The molecular weight excluding hydrogens is 322 g/mol. The number of hydrogen-bond acceptors (Lipinski definition) is 2. The first-order chi connectivity index (χ1) is 12.8. The lowest BCUT2D eigenvalue weighted by molar-refractivity contribution is -0.120. The van der Waals surface area contributed by atoms with E-state index in [0.29, 0.717) is 13.0 Å². The van der Waals surface area contributed by atoms with E-state index >= 15 is 0 Å². The fraction of sp³-hybridized carbons (Fsp3) is 0.636. The van der Waals surface area contributed by atoms with Crippen molar-refractivity contribution in [3.05, 3.63) is 30.1 Å². The molecule has 0 radical (unpaired) electrons. The monoisotopic (exact) mass is 357 g/mol. The minimum absolute atomic E-state index is 0.0756. The Morgan fingerprint density at radius 2 is 1.62 bits per heavy atom. The standard InChI is InChI=1S/C22H35N3O/c1-3-5-6-7-8-9-10-11-14-17-25-20-16-13-12-15-19(20)24-21(25)18-23-22(26)4-2/h12-13,15-16H,3-11,14,17-18H2,1-2H3,(H,23,26). The molecule has 1 aromatic heterocycles. The van der Waals surface area contributed by atoms with Crippen LogP contribution in [0.3, 0.4) is 0 Å². The van der Waals surface area contributed by atoms with Crippen LogP contribution in [0.5, 0.6) is 0 Å². The normalized spacial score (nSPS) is 11.2. The summed E-state index contributed by atoms with van der Waals surface area (Å²) < 4.78 is 2.28. The van der Waals surface area contributed by atoms with Crippen LogP contribution < -0.4 is 5.32 Å². The van der Waals surface area contributed by atoms with Crippen molar-refractivity contribution in [2.75, 3.05) is 0 Å². The fourth-order valence-electron chi connectivity index (χ4n) is 3.39. The summed E-state index contributed by atoms with van der Waals surface area (Å²) >= 11 is 0. The lowest BCUT2D eigenvalue weighted by Crippen LogP contribution is -2.23. The largest absolute Gasteiger partial charge is 0.349 e. The Hall–Kier alpha value is -1.84. The van der Waals surface area contributed by atoms with E-state index in [9.17, 15) is 4.79 Å². The quantitative estimate of drug-likeness (QED) is 0.475. The number of hydrogen-bond donors (Lipinski definition) is 1. The van der Waals surface area contributed by atoms with Gasteiger partial charge in [0.25, 0.3) is 0 Å². The summed E-state index contributed by atoms with van der Waals surface area (Å²) in [5, 5.41) is 2.96. The van der Waals surface area contributed by atoms with Gasteiger partial charge < -0.3 is 9.88 Å². The smallest absolute Gasteiger partial charge is 0.220 e. The highest BCUT2D eigenvalue weighted by Gasteiger charge is 2.10. The molecule has 2 rings (SSSR count). The second-order valence-electron chi connectivity index (χ2n) is 7.13. The van der Waals surface area contributed by atoms with Crippen molar-refractivity contribution in [3.63, 3.8) is 0 Å². The van der Waals surface area contributed by atoms with E-state index in [4.69, 9.17) is 4.98 Å². The minimum Gasteiger partial charge on any atom is -0.349 e. The van der Waals surface area contributed by atoms with Crippen molar-refractivity contribution in [2.45, 2.75) is 91.1 Å². The van der Waals surface area contributed by atoms with Crippen molar-refractivity contribution >= 4 is 16.9 Å². The Morgan fingerprint density at radius 3 is 2.31 bits per heavy atom. The van der Waals surface area contributed by atoms with Crippen molar-refractivity contribution in [3.8, 4) is 0 Å². The number of aryl methyl sites for hydroxylation is 1. The number of rotatable bonds is 13. The predicted octanol–water partition coefficient (Wildman–Crippen LogP) is 5.59. The van der Waals surface area contributed by atoms with Gasteiger partial charge in [0.15, 0.2) is 0 Å². The van der Waals surface area contributed by atoms with Gasteiger partial charge in [0.1, 0.15) is 5.82 Å². The molecule has 4 nitrogen and oxygen atoms in total. The molecule has 0 saturated heterocycles. The number of nitrogens with zero attached hydrogens (tertiary/aromatic N) is 2. The molecule has 0 bridgehead atoms. The molecule has 0 aliphatic rings. The first-order valence-electron chi connectivity index (χ1n) is 10.5. The lowest BCUT2D eigenvalue weighted by Gasteiger charge is -2.10. The Bertz CT molecular complexity index is 662. The highest BCUT2D eigenvalue weighted by Crippen LogP contribution is 2.18. The van der Waals surface area contributed by atoms with E-state index in [1.807, 2.05) is 19.1 Å². The van der Waals surface area contributed by atoms with Crippen molar-refractivity contribution in [1.82, 2.24) is 14.9 Å². The third-order valence-corrected chi connectivity index (χ3v) is 4.98. The van der Waals surface area contributed by atoms with Crippen LogP contribution in [0.25, 0.3) is 11.0 Å². The molecule has 144 valence electrons. The zero-order valence-corrected chi connectivity index (χ0v) is 16.6. The second kappa shape index (κ2) is 11.7. The van der Waals surface area contributed by atoms with E-state index in [1.165, 1.54) is 63.3 Å². The maximum Gasteiger partial charge on any atom is 0.220 e. The van der Waals surface area contributed by atoms with Gasteiger partial charge in [-0.25, -0.2) is 4.98 Å². The van der Waals surface area contributed by atoms with Crippen molar-refractivity contribution in [2.24, 2.45) is 0 Å². The van der Waals surface area contributed by atoms with Crippen LogP contribution in [-0.4, -0.2) is 15.5 Å². The highest BCUT2D eigenvalue weighted by atomic mass is 16.1. The molecule has 1 N–H and O–H groups in total. The van der Waals surface area contributed by atoms with E-state index in [1.54, 1.807) is 0 Å². The first-order valence-corrected chi connectivity index (χ1v) is 10.5. The summed E-state index contributed by atoms with van der Waals surface area (Å²) in [6, 6.07) is 8.26. The van der Waals surface area contributed by atoms with E-state index in [0.717, 1.165) is 17.9 Å². The van der Waals surface area contributed by atoms with Crippen molar-refractivity contribution in [1.29, 1.82) is 0 Å². The second-order valence-corrected chi connectivity index (χ2v) is 7.13. The lowest BCUT2D eigenvalue weighted by atomic mass is 10.1. The maximum atomic E-state index is 11.6. The number of carbonyl (C=O) groups is 1. The molecule has 0 spiro atoms. The summed E-state index contributed by atoms with van der Waals surface area (Å²) in [5.74, 6) is 1.04. The van der Waals surface area contributed by atoms with Crippen LogP contribution >= 0.6 is 0 Å². The van der Waals surface area contributed by atoms with Gasteiger partial charge in [-0.2, -0.15) is 0 Å². The number of unbranched alkanes of at least 4 members (excludes halogenated alkanes) is 8. The van der Waals surface area contributed by atoms with Crippen LogP contribution in [0.4, 0.5) is 0 Å². The number of fused-ring (bicyclic) bond motifs is 1. The summed E-state index contributed by atoms with van der Waals surface area (Å²) in [6.07, 6.45) is 12.5. The van der Waals surface area contributed by atoms with E-state index < -0.39 is 0 Å². The zero-order valence-electron chi connectivity index (χ0n) is 16.6. The Kier molecular flexibility index (Phi) is 9.22. The molecule has 0 aliphatic carbocycles. The van der Waals surface area contributed by atoms with Gasteiger partial charge in [-0.1, -0.05) is 77.3 Å². The predicted molar refractivity (Wildman–Crippen MR) is 109 cm³/mol. The number of benzene rings is 1. The fourth-order valence-corrected chi connectivity index (χ4v) is 3.39. The summed E-state index contributed by atoms with van der Waals surface area (Å²) in [5.41, 5.74) is 2.19. The molecule has 0 atom stereocenters. The number of nitrogens with one attached hydrogen (secondary N) is 1. The number of imidazole rings is 1. The molecule has 0 saturated carbocycles.